The van der Waals surface area contributed by atoms with E-state index in [2.05, 4.69) is 13.2 Å². The average molecular weight is 542 g/mol. The van der Waals surface area contributed by atoms with Crippen molar-refractivity contribution in [2.24, 2.45) is 0 Å². The van der Waals surface area contributed by atoms with Crippen molar-refractivity contribution >= 4 is 45.0 Å². The molecule has 0 aromatic heterocycles. The molecule has 188 valence electrons. The second-order valence-electron chi connectivity index (χ2n) is 7.35. The molecule has 2 amide bonds. The van der Waals surface area contributed by atoms with Gasteiger partial charge in [0.25, 0.3) is 11.8 Å². The van der Waals surface area contributed by atoms with E-state index in [1.54, 1.807) is 24.3 Å². The third kappa shape index (κ3) is 7.61. The first-order valence-corrected chi connectivity index (χ1v) is 12.9. The molecule has 2 aliphatic heterocycles. The van der Waals surface area contributed by atoms with Gasteiger partial charge in [0.2, 0.25) is 5.88 Å². The van der Waals surface area contributed by atoms with Crippen molar-refractivity contribution in [3.63, 3.8) is 0 Å². The molecule has 0 aliphatic carbocycles. The molecule has 1 fully saturated rings. The minimum atomic E-state index is -4.57. The van der Waals surface area contributed by atoms with E-state index in [0.29, 0.717) is 37.4 Å². The Morgan fingerprint density at radius 3 is 2.03 bits per heavy atom. The molecule has 0 atom stereocenters. The number of anilines is 1. The van der Waals surface area contributed by atoms with Crippen LogP contribution < -0.4 is 39.2 Å². The third-order valence-corrected chi connectivity index (χ3v) is 5.86. The van der Waals surface area contributed by atoms with Crippen molar-refractivity contribution in [2.75, 3.05) is 23.9 Å². The number of rotatable bonds is 8. The molecule has 1 aromatic rings. The summed E-state index contributed by atoms with van der Waals surface area (Å²) in [5.74, 6) is -1.17. The van der Waals surface area contributed by atoms with Crippen LogP contribution in [0.25, 0.3) is 0 Å². The van der Waals surface area contributed by atoms with Gasteiger partial charge in [-0.1, -0.05) is 38.1 Å². The number of amides is 2. The van der Waals surface area contributed by atoms with E-state index >= 15 is 0 Å². The van der Waals surface area contributed by atoms with Crippen molar-refractivity contribution in [1.29, 1.82) is 0 Å². The van der Waals surface area contributed by atoms with Gasteiger partial charge in [-0.05, 0) is 49.3 Å². The molecule has 3 rings (SSSR count). The van der Waals surface area contributed by atoms with E-state index in [4.69, 9.17) is 17.0 Å². The summed E-state index contributed by atoms with van der Waals surface area (Å²) in [6, 6.07) is 6.71. The number of hydrogen-bond acceptors (Lipinski definition) is 8. The topological polar surface area (TPSA) is 110 Å². The van der Waals surface area contributed by atoms with Crippen molar-refractivity contribution in [3.05, 3.63) is 73.2 Å². The zero-order valence-electron chi connectivity index (χ0n) is 20.7. The van der Waals surface area contributed by atoms with Crippen LogP contribution in [0, 0.1) is 0 Å². The van der Waals surface area contributed by atoms with Gasteiger partial charge in [0.05, 0.1) is 5.69 Å². The first kappa shape index (κ1) is 31.7. The Labute approximate surface area is 239 Å². The molecular weight excluding hydrogens is 513 g/mol. The number of nitrogens with zero attached hydrogens (tertiary/aromatic N) is 3. The van der Waals surface area contributed by atoms with Crippen LogP contribution in [0.2, 0.25) is 0 Å². The maximum atomic E-state index is 12.8. The van der Waals surface area contributed by atoms with Crippen molar-refractivity contribution in [1.82, 2.24) is 9.80 Å². The number of fused-ring (bicyclic) bond motifs is 1. The fourth-order valence-electron chi connectivity index (χ4n) is 3.44. The van der Waals surface area contributed by atoms with E-state index < -0.39 is 27.8 Å². The first-order chi connectivity index (χ1) is 16.7. The first-order valence-electron chi connectivity index (χ1n) is 10.9. The summed E-state index contributed by atoms with van der Waals surface area (Å²) in [5.41, 5.74) is 0.432. The average Bonchev–Trinajstić information content (AvgIpc) is 3.16. The summed E-state index contributed by atoms with van der Waals surface area (Å²) in [6.45, 7) is 10.6. The van der Waals surface area contributed by atoms with Crippen LogP contribution in [0.5, 0.6) is 5.75 Å². The number of ether oxygens (including phenoxy) is 1. The minimum absolute atomic E-state index is 0. The van der Waals surface area contributed by atoms with Crippen LogP contribution in [0.4, 0.5) is 5.69 Å². The molecule has 36 heavy (non-hydrogen) atoms. The minimum Gasteiger partial charge on any atom is -0.747 e. The number of para-hydroxylation sites is 2. The summed E-state index contributed by atoms with van der Waals surface area (Å²) >= 11 is 5.34. The Morgan fingerprint density at radius 1 is 0.972 bits per heavy atom. The van der Waals surface area contributed by atoms with Crippen LogP contribution in [0.3, 0.4) is 0 Å². The quantitative estimate of drug-likeness (QED) is 0.115. The van der Waals surface area contributed by atoms with Gasteiger partial charge < -0.3 is 9.29 Å². The van der Waals surface area contributed by atoms with Crippen LogP contribution >= 0.6 is 12.2 Å². The molecule has 0 bridgehead atoms. The number of allylic oxidation sites excluding steroid dienone is 4. The summed E-state index contributed by atoms with van der Waals surface area (Å²) in [4.78, 5) is 29.7. The Kier molecular flexibility index (Phi) is 12.8. The van der Waals surface area contributed by atoms with Crippen LogP contribution in [-0.2, 0) is 19.7 Å². The van der Waals surface area contributed by atoms with Gasteiger partial charge in [0, 0.05) is 13.1 Å². The second kappa shape index (κ2) is 14.5. The Balaban J connectivity index is 0.00000211. The maximum Gasteiger partial charge on any atom is 1.00 e. The Morgan fingerprint density at radius 2 is 1.50 bits per heavy atom. The molecule has 12 heteroatoms. The molecule has 2 heterocycles. The number of carbonyl (C=O) groups is 2. The largest absolute Gasteiger partial charge is 1.00 e. The molecule has 1 aromatic carbocycles. The molecular formula is C24H28N3NaO6S2. The zero-order chi connectivity index (χ0) is 26.2. The third-order valence-electron chi connectivity index (χ3n) is 4.84. The van der Waals surface area contributed by atoms with E-state index in [-0.39, 0.29) is 46.1 Å². The predicted molar refractivity (Wildman–Crippen MR) is 137 cm³/mol. The summed E-state index contributed by atoms with van der Waals surface area (Å²) in [7, 11) is -4.57. The smallest absolute Gasteiger partial charge is 0.747 e. The molecule has 0 spiro atoms. The van der Waals surface area contributed by atoms with Gasteiger partial charge in [0.15, 0.2) is 10.9 Å². The van der Waals surface area contributed by atoms with E-state index in [1.807, 2.05) is 13.8 Å². The maximum absolute atomic E-state index is 12.8. The Bertz CT molecular complexity index is 1150. The van der Waals surface area contributed by atoms with Crippen LogP contribution in [0.1, 0.15) is 26.7 Å². The molecule has 9 nitrogen and oxygen atoms in total. The number of benzene rings is 1. The number of hydrogen-bond donors (Lipinski definition) is 0. The summed E-state index contributed by atoms with van der Waals surface area (Å²) in [6.07, 6.45) is 7.21. The van der Waals surface area contributed by atoms with E-state index in [0.717, 1.165) is 0 Å². The second-order valence-corrected chi connectivity index (χ2v) is 9.09. The molecule has 0 radical (unpaired) electrons. The predicted octanol–water partition coefficient (Wildman–Crippen LogP) is 0.294. The van der Waals surface area contributed by atoms with E-state index in [9.17, 15) is 22.6 Å². The van der Waals surface area contributed by atoms with Gasteiger partial charge in [0.1, 0.15) is 21.6 Å². The SMILES string of the molecule is C=C.CCCN1C(=O)C(=C/C=C/C=C2\Oc3ccccc3N2CS(=O)(=O)[O-])C(=O)N(CCC)C1=S.[Na+]. The van der Waals surface area contributed by atoms with Crippen LogP contribution in [-0.4, -0.2) is 58.7 Å². The van der Waals surface area contributed by atoms with E-state index in [1.165, 1.54) is 39.0 Å². The Hall–Kier alpha value is -2.28. The normalized spacial score (nSPS) is 16.5. The molecule has 0 saturated carbocycles. The monoisotopic (exact) mass is 541 g/mol. The van der Waals surface area contributed by atoms with Crippen molar-refractivity contribution < 1.29 is 56.9 Å². The summed E-state index contributed by atoms with van der Waals surface area (Å²) < 4.78 is 39.7. The zero-order valence-corrected chi connectivity index (χ0v) is 24.3. The van der Waals surface area contributed by atoms with Gasteiger partial charge in [-0.3, -0.25) is 24.3 Å². The fourth-order valence-corrected chi connectivity index (χ4v) is 4.37. The van der Waals surface area contributed by atoms with Crippen molar-refractivity contribution in [3.8, 4) is 5.75 Å². The fraction of sp³-hybridized carbons (Fsp3) is 0.292. The standard InChI is InChI=1S/C22H25N3O6S2.C2H4.Na/c1-3-13-23-20(26)16(21(27)24(14-4-2)22(23)32)9-5-8-12-19-25(15-33(28,29)30)17-10-6-7-11-18(17)31-19;1-2;/h5-12H,3-4,13-15H2,1-2H3,(H,28,29,30);1-2H2;/q;;+1/p-1/b8-5+,19-12-;;. The van der Waals surface area contributed by atoms with Gasteiger partial charge in [-0.2, -0.15) is 0 Å². The van der Waals surface area contributed by atoms with Crippen LogP contribution in [0.15, 0.2) is 73.2 Å². The summed E-state index contributed by atoms with van der Waals surface area (Å²) in [5, 5.41) is 0.212. The van der Waals surface area contributed by atoms with Gasteiger partial charge >= 0.3 is 29.6 Å². The molecule has 0 N–H and O–H groups in total. The van der Waals surface area contributed by atoms with Gasteiger partial charge in [-0.25, -0.2) is 8.42 Å². The number of carbonyl (C=O) groups excluding carboxylic acids is 2. The van der Waals surface area contributed by atoms with Gasteiger partial charge in [-0.15, -0.1) is 13.2 Å². The molecule has 2 aliphatic rings. The molecule has 0 unspecified atom stereocenters. The van der Waals surface area contributed by atoms with Crippen molar-refractivity contribution in [2.45, 2.75) is 26.7 Å². The molecule has 1 saturated heterocycles. The number of thiocarbonyl (C=S) groups is 1.